The highest BCUT2D eigenvalue weighted by Crippen LogP contribution is 2.35. The van der Waals surface area contributed by atoms with Gasteiger partial charge in [-0.2, -0.15) is 0 Å². The molecule has 1 aliphatic rings. The van der Waals surface area contributed by atoms with E-state index in [9.17, 15) is 4.79 Å². The average Bonchev–Trinajstić information content (AvgIpc) is 3.07. The van der Waals surface area contributed by atoms with Crippen molar-refractivity contribution in [2.75, 3.05) is 19.7 Å². The molecule has 1 aliphatic heterocycles. The van der Waals surface area contributed by atoms with Crippen LogP contribution in [0.3, 0.4) is 0 Å². The summed E-state index contributed by atoms with van der Waals surface area (Å²) in [6.07, 6.45) is 4.70. The van der Waals surface area contributed by atoms with Gasteiger partial charge in [-0.15, -0.1) is 11.3 Å². The number of fused-ring (bicyclic) bond motifs is 1. The molecule has 1 saturated heterocycles. The number of aryl methyl sites for hydroxylation is 1. The predicted molar refractivity (Wildman–Crippen MR) is 112 cm³/mol. The molecule has 0 unspecified atom stereocenters. The van der Waals surface area contributed by atoms with Gasteiger partial charge in [0.15, 0.2) is 0 Å². The van der Waals surface area contributed by atoms with Gasteiger partial charge >= 0.3 is 0 Å². The second-order valence-electron chi connectivity index (χ2n) is 7.27. The molecule has 0 atom stereocenters. The minimum Gasteiger partial charge on any atom is -0.477 e. The Morgan fingerprint density at radius 2 is 1.96 bits per heavy atom. The highest BCUT2D eigenvalue weighted by molar-refractivity contribution is 7.20. The van der Waals surface area contributed by atoms with Crippen molar-refractivity contribution in [3.05, 3.63) is 52.7 Å². The SMILES string of the molecule is CCOc1ncnc2sc(C(=O)N3CCC(Cc4ccccc4)CC3)c(C)c12. The van der Waals surface area contributed by atoms with Crippen molar-refractivity contribution >= 4 is 27.5 Å². The Morgan fingerprint density at radius 3 is 2.68 bits per heavy atom. The Balaban J connectivity index is 1.47. The lowest BCUT2D eigenvalue weighted by atomic mass is 9.90. The summed E-state index contributed by atoms with van der Waals surface area (Å²) in [5.41, 5.74) is 2.31. The summed E-state index contributed by atoms with van der Waals surface area (Å²) in [6, 6.07) is 10.6. The van der Waals surface area contributed by atoms with Gasteiger partial charge in [0.05, 0.1) is 16.9 Å². The van der Waals surface area contributed by atoms with Crippen LogP contribution in [0.2, 0.25) is 0 Å². The number of carbonyl (C=O) groups is 1. The van der Waals surface area contributed by atoms with E-state index in [2.05, 4.69) is 40.3 Å². The number of carbonyl (C=O) groups excluding carboxylic acids is 1. The van der Waals surface area contributed by atoms with Gasteiger partial charge in [0.2, 0.25) is 5.88 Å². The van der Waals surface area contributed by atoms with E-state index in [4.69, 9.17) is 4.74 Å². The number of hydrogen-bond donors (Lipinski definition) is 0. The van der Waals surface area contributed by atoms with Crippen molar-refractivity contribution in [3.63, 3.8) is 0 Å². The summed E-state index contributed by atoms with van der Waals surface area (Å²) in [4.78, 5) is 25.3. The molecule has 1 fully saturated rings. The molecule has 5 nitrogen and oxygen atoms in total. The van der Waals surface area contributed by atoms with Crippen LogP contribution in [-0.2, 0) is 6.42 Å². The predicted octanol–water partition coefficient (Wildman–Crippen LogP) is 4.49. The first-order valence-corrected chi connectivity index (χ1v) is 10.7. The van der Waals surface area contributed by atoms with Gasteiger partial charge in [0.25, 0.3) is 5.91 Å². The Hall–Kier alpha value is -2.47. The monoisotopic (exact) mass is 395 g/mol. The fourth-order valence-corrected chi connectivity index (χ4v) is 5.03. The van der Waals surface area contributed by atoms with E-state index in [0.717, 1.165) is 53.0 Å². The van der Waals surface area contributed by atoms with Crippen LogP contribution in [0.5, 0.6) is 5.88 Å². The summed E-state index contributed by atoms with van der Waals surface area (Å²) in [5.74, 6) is 1.33. The number of ether oxygens (including phenoxy) is 1. The zero-order chi connectivity index (χ0) is 19.5. The van der Waals surface area contributed by atoms with Crippen LogP contribution in [0, 0.1) is 12.8 Å². The number of aromatic nitrogens is 2. The van der Waals surface area contributed by atoms with Crippen LogP contribution < -0.4 is 4.74 Å². The number of likely N-dealkylation sites (tertiary alicyclic amines) is 1. The van der Waals surface area contributed by atoms with Crippen molar-refractivity contribution in [1.29, 1.82) is 0 Å². The van der Waals surface area contributed by atoms with E-state index in [1.807, 2.05) is 18.7 Å². The molecule has 0 spiro atoms. The quantitative estimate of drug-likeness (QED) is 0.639. The van der Waals surface area contributed by atoms with Crippen LogP contribution in [0.25, 0.3) is 10.2 Å². The summed E-state index contributed by atoms with van der Waals surface area (Å²) >= 11 is 1.45. The molecule has 0 aliphatic carbocycles. The molecule has 28 heavy (non-hydrogen) atoms. The largest absolute Gasteiger partial charge is 0.477 e. The Labute approximate surface area is 169 Å². The van der Waals surface area contributed by atoms with Gasteiger partial charge in [0.1, 0.15) is 11.2 Å². The molecular weight excluding hydrogens is 370 g/mol. The lowest BCUT2D eigenvalue weighted by molar-refractivity contribution is 0.0695. The van der Waals surface area contributed by atoms with Crippen molar-refractivity contribution in [2.24, 2.45) is 5.92 Å². The summed E-state index contributed by atoms with van der Waals surface area (Å²) < 4.78 is 5.64. The number of piperidine rings is 1. The smallest absolute Gasteiger partial charge is 0.264 e. The first-order valence-electron chi connectivity index (χ1n) is 9.87. The third-order valence-electron chi connectivity index (χ3n) is 5.44. The van der Waals surface area contributed by atoms with Crippen LogP contribution in [0.15, 0.2) is 36.7 Å². The van der Waals surface area contributed by atoms with Crippen molar-refractivity contribution < 1.29 is 9.53 Å². The Morgan fingerprint density at radius 1 is 1.21 bits per heavy atom. The van der Waals surface area contributed by atoms with E-state index < -0.39 is 0 Å². The maximum atomic E-state index is 13.2. The molecule has 3 aromatic rings. The molecule has 4 rings (SSSR count). The van der Waals surface area contributed by atoms with Gasteiger partial charge in [-0.3, -0.25) is 4.79 Å². The standard InChI is InChI=1S/C22H25N3O2S/c1-3-27-20-18-15(2)19(28-21(18)24-14-23-20)22(26)25-11-9-17(10-12-25)13-16-7-5-4-6-8-16/h4-8,14,17H,3,9-13H2,1-2H3. The van der Waals surface area contributed by atoms with E-state index in [1.165, 1.54) is 23.2 Å². The van der Waals surface area contributed by atoms with E-state index in [1.54, 1.807) is 0 Å². The molecule has 1 aromatic carbocycles. The zero-order valence-electron chi connectivity index (χ0n) is 16.4. The van der Waals surface area contributed by atoms with Crippen LogP contribution in [-0.4, -0.2) is 40.5 Å². The molecule has 0 radical (unpaired) electrons. The number of thiophene rings is 1. The fourth-order valence-electron chi connectivity index (χ4n) is 3.92. The lowest BCUT2D eigenvalue weighted by Crippen LogP contribution is -2.38. The second kappa shape index (κ2) is 8.27. The first-order chi connectivity index (χ1) is 13.7. The zero-order valence-corrected chi connectivity index (χ0v) is 17.2. The molecule has 146 valence electrons. The highest BCUT2D eigenvalue weighted by Gasteiger charge is 2.27. The third-order valence-corrected chi connectivity index (χ3v) is 6.62. The molecule has 6 heteroatoms. The number of rotatable bonds is 5. The van der Waals surface area contributed by atoms with Gasteiger partial charge < -0.3 is 9.64 Å². The number of amides is 1. The molecule has 0 bridgehead atoms. The van der Waals surface area contributed by atoms with Crippen LogP contribution in [0.4, 0.5) is 0 Å². The normalized spacial score (nSPS) is 15.1. The Bertz CT molecular complexity index is 963. The van der Waals surface area contributed by atoms with Crippen LogP contribution in [0.1, 0.15) is 40.6 Å². The molecule has 1 amide bonds. The van der Waals surface area contributed by atoms with E-state index in [0.29, 0.717) is 18.4 Å². The highest BCUT2D eigenvalue weighted by atomic mass is 32.1. The number of hydrogen-bond acceptors (Lipinski definition) is 5. The second-order valence-corrected chi connectivity index (χ2v) is 8.27. The molecule has 2 aromatic heterocycles. The minimum absolute atomic E-state index is 0.112. The molecule has 0 N–H and O–H groups in total. The molecule has 3 heterocycles. The lowest BCUT2D eigenvalue weighted by Gasteiger charge is -2.32. The van der Waals surface area contributed by atoms with Crippen molar-refractivity contribution in [3.8, 4) is 5.88 Å². The minimum atomic E-state index is 0.112. The fraction of sp³-hybridized carbons (Fsp3) is 0.409. The maximum Gasteiger partial charge on any atom is 0.264 e. The van der Waals surface area contributed by atoms with Crippen LogP contribution >= 0.6 is 11.3 Å². The van der Waals surface area contributed by atoms with E-state index in [-0.39, 0.29) is 5.91 Å². The maximum absolute atomic E-state index is 13.2. The third kappa shape index (κ3) is 3.74. The molecular formula is C22H25N3O2S. The van der Waals surface area contributed by atoms with Crippen molar-refractivity contribution in [1.82, 2.24) is 14.9 Å². The number of benzene rings is 1. The summed E-state index contributed by atoms with van der Waals surface area (Å²) in [5, 5.41) is 0.872. The number of nitrogens with zero attached hydrogens (tertiary/aromatic N) is 3. The average molecular weight is 396 g/mol. The Kier molecular flexibility index (Phi) is 5.57. The van der Waals surface area contributed by atoms with Gasteiger partial charge in [-0.25, -0.2) is 9.97 Å². The summed E-state index contributed by atoms with van der Waals surface area (Å²) in [6.45, 7) is 6.07. The van der Waals surface area contributed by atoms with Gasteiger partial charge in [-0.1, -0.05) is 30.3 Å². The van der Waals surface area contributed by atoms with E-state index >= 15 is 0 Å². The first kappa shape index (κ1) is 18.9. The molecule has 0 saturated carbocycles. The van der Waals surface area contributed by atoms with Gasteiger partial charge in [0, 0.05) is 13.1 Å². The summed E-state index contributed by atoms with van der Waals surface area (Å²) in [7, 11) is 0. The topological polar surface area (TPSA) is 55.3 Å². The van der Waals surface area contributed by atoms with Gasteiger partial charge in [-0.05, 0) is 50.2 Å². The van der Waals surface area contributed by atoms with Crippen molar-refractivity contribution in [2.45, 2.75) is 33.1 Å².